The number of rotatable bonds is 6. The van der Waals surface area contributed by atoms with Gasteiger partial charge in [-0.25, -0.2) is 4.79 Å². The molecule has 0 fully saturated rings. The third-order valence-corrected chi connectivity index (χ3v) is 3.63. The van der Waals surface area contributed by atoms with Crippen molar-refractivity contribution in [1.82, 2.24) is 5.32 Å². The lowest BCUT2D eigenvalue weighted by Gasteiger charge is -2.23. The van der Waals surface area contributed by atoms with Crippen LogP contribution in [0.25, 0.3) is 0 Å². The molecule has 0 bridgehead atoms. The van der Waals surface area contributed by atoms with Crippen LogP contribution in [-0.2, 0) is 9.53 Å². The number of hydrogen-bond acceptors (Lipinski definition) is 6. The molecule has 0 saturated heterocycles. The molecule has 1 atom stereocenters. The molecule has 148 valence electrons. The molecule has 0 saturated carbocycles. The maximum absolute atomic E-state index is 12.3. The Balaban J connectivity index is 2.17. The molecular formula is C20H23N3O5. The molecule has 2 aromatic rings. The molecule has 1 amide bonds. The van der Waals surface area contributed by atoms with Crippen molar-refractivity contribution >= 4 is 28.9 Å². The van der Waals surface area contributed by atoms with Gasteiger partial charge in [0.15, 0.2) is 6.10 Å². The number of nitro groups is 1. The van der Waals surface area contributed by atoms with E-state index in [4.69, 9.17) is 4.74 Å². The van der Waals surface area contributed by atoms with Crippen LogP contribution < -0.4 is 10.6 Å². The highest BCUT2D eigenvalue weighted by molar-refractivity contribution is 5.94. The normalized spacial score (nSPS) is 12.0. The van der Waals surface area contributed by atoms with E-state index in [1.165, 1.54) is 19.1 Å². The van der Waals surface area contributed by atoms with Gasteiger partial charge in [0.2, 0.25) is 0 Å². The fraction of sp³-hybridized carbons (Fsp3) is 0.300. The number of benzene rings is 2. The van der Waals surface area contributed by atoms with Crippen molar-refractivity contribution in [2.75, 3.05) is 5.32 Å². The molecule has 0 unspecified atom stereocenters. The number of para-hydroxylation sites is 1. The van der Waals surface area contributed by atoms with Crippen LogP contribution in [-0.4, -0.2) is 28.4 Å². The zero-order chi connectivity index (χ0) is 20.9. The lowest BCUT2D eigenvalue weighted by atomic mass is 10.1. The Labute approximate surface area is 163 Å². The highest BCUT2D eigenvalue weighted by Gasteiger charge is 2.24. The lowest BCUT2D eigenvalue weighted by Crippen LogP contribution is -2.46. The first-order valence-electron chi connectivity index (χ1n) is 8.70. The standard InChI is InChI=1S/C20H23N3O5/c1-13(18(24)22-20(2,3)4)28-19(25)14-10-11-16(17(12-14)23(26)27)21-15-8-6-5-7-9-15/h5-13,21H,1-4H3,(H,22,24)/t13-/m1/s1. The summed E-state index contributed by atoms with van der Waals surface area (Å²) in [5.74, 6) is -1.26. The van der Waals surface area contributed by atoms with Crippen molar-refractivity contribution < 1.29 is 19.2 Å². The first-order chi connectivity index (χ1) is 13.1. The second kappa shape index (κ2) is 8.51. The van der Waals surface area contributed by atoms with Gasteiger partial charge in [0.25, 0.3) is 11.6 Å². The van der Waals surface area contributed by atoms with Crippen LogP contribution in [0.15, 0.2) is 48.5 Å². The number of nitro benzene ring substituents is 1. The minimum Gasteiger partial charge on any atom is -0.449 e. The molecule has 0 radical (unpaired) electrons. The van der Waals surface area contributed by atoms with E-state index in [0.29, 0.717) is 5.69 Å². The quantitative estimate of drug-likeness (QED) is 0.444. The van der Waals surface area contributed by atoms with Gasteiger partial charge in [0.05, 0.1) is 10.5 Å². The molecule has 0 aliphatic heterocycles. The van der Waals surface area contributed by atoms with Crippen LogP contribution in [0.2, 0.25) is 0 Å². The molecule has 8 heteroatoms. The van der Waals surface area contributed by atoms with Crippen LogP contribution in [0, 0.1) is 10.1 Å². The van der Waals surface area contributed by atoms with Crippen LogP contribution in [0.5, 0.6) is 0 Å². The van der Waals surface area contributed by atoms with E-state index in [0.717, 1.165) is 6.07 Å². The molecule has 0 aliphatic carbocycles. The molecule has 2 N–H and O–H groups in total. The first kappa shape index (κ1) is 20.9. The van der Waals surface area contributed by atoms with E-state index in [2.05, 4.69) is 10.6 Å². The number of carbonyl (C=O) groups is 2. The maximum Gasteiger partial charge on any atom is 0.339 e. The molecule has 2 aromatic carbocycles. The smallest absolute Gasteiger partial charge is 0.339 e. The third kappa shape index (κ3) is 5.80. The Morgan fingerprint density at radius 1 is 1.11 bits per heavy atom. The van der Waals surface area contributed by atoms with E-state index in [1.54, 1.807) is 45.0 Å². The summed E-state index contributed by atoms with van der Waals surface area (Å²) < 4.78 is 5.14. The zero-order valence-electron chi connectivity index (χ0n) is 16.2. The van der Waals surface area contributed by atoms with E-state index in [9.17, 15) is 19.7 Å². The molecule has 0 aromatic heterocycles. The highest BCUT2D eigenvalue weighted by atomic mass is 16.6. The SMILES string of the molecule is C[C@@H](OC(=O)c1ccc(Nc2ccccc2)c([N+](=O)[O-])c1)C(=O)NC(C)(C)C. The van der Waals surface area contributed by atoms with E-state index in [-0.39, 0.29) is 16.9 Å². The van der Waals surface area contributed by atoms with Gasteiger partial charge in [-0.3, -0.25) is 14.9 Å². The van der Waals surface area contributed by atoms with Crippen LogP contribution in [0.1, 0.15) is 38.1 Å². The van der Waals surface area contributed by atoms with Crippen molar-refractivity contribution in [2.24, 2.45) is 0 Å². The van der Waals surface area contributed by atoms with Crippen molar-refractivity contribution in [3.05, 3.63) is 64.2 Å². The molecule has 8 nitrogen and oxygen atoms in total. The van der Waals surface area contributed by atoms with Gasteiger partial charge in [-0.15, -0.1) is 0 Å². The summed E-state index contributed by atoms with van der Waals surface area (Å²) in [5, 5.41) is 17.1. The average Bonchev–Trinajstić information content (AvgIpc) is 2.61. The Kier molecular flexibility index (Phi) is 6.35. The number of hydrogen-bond donors (Lipinski definition) is 2. The van der Waals surface area contributed by atoms with Gasteiger partial charge < -0.3 is 15.4 Å². The Morgan fingerprint density at radius 3 is 2.32 bits per heavy atom. The topological polar surface area (TPSA) is 111 Å². The Morgan fingerprint density at radius 2 is 1.75 bits per heavy atom. The van der Waals surface area contributed by atoms with Crippen molar-refractivity contribution in [3.8, 4) is 0 Å². The van der Waals surface area contributed by atoms with Crippen molar-refractivity contribution in [3.63, 3.8) is 0 Å². The summed E-state index contributed by atoms with van der Waals surface area (Å²) >= 11 is 0. The van der Waals surface area contributed by atoms with Crippen molar-refractivity contribution in [1.29, 1.82) is 0 Å². The minimum absolute atomic E-state index is 0.0132. The van der Waals surface area contributed by atoms with E-state index < -0.39 is 28.4 Å². The van der Waals surface area contributed by atoms with Gasteiger partial charge in [0, 0.05) is 17.3 Å². The van der Waals surface area contributed by atoms with Crippen molar-refractivity contribution in [2.45, 2.75) is 39.3 Å². The minimum atomic E-state index is -1.03. The van der Waals surface area contributed by atoms with Crippen LogP contribution in [0.4, 0.5) is 17.1 Å². The summed E-state index contributed by atoms with van der Waals surface area (Å²) in [6.45, 7) is 6.86. The number of esters is 1. The van der Waals surface area contributed by atoms with Gasteiger partial charge in [-0.2, -0.15) is 0 Å². The molecule has 0 spiro atoms. The second-order valence-electron chi connectivity index (χ2n) is 7.27. The first-order valence-corrected chi connectivity index (χ1v) is 8.70. The summed E-state index contributed by atoms with van der Waals surface area (Å²) in [5.41, 5.74) is 0.159. The maximum atomic E-state index is 12.3. The van der Waals surface area contributed by atoms with Gasteiger partial charge in [-0.1, -0.05) is 18.2 Å². The summed E-state index contributed by atoms with van der Waals surface area (Å²) in [6.07, 6.45) is -1.03. The fourth-order valence-electron chi connectivity index (χ4n) is 2.35. The van der Waals surface area contributed by atoms with Gasteiger partial charge in [0.1, 0.15) is 5.69 Å². The van der Waals surface area contributed by atoms with Gasteiger partial charge in [-0.05, 0) is 52.0 Å². The van der Waals surface area contributed by atoms with Crippen LogP contribution >= 0.6 is 0 Å². The summed E-state index contributed by atoms with van der Waals surface area (Å²) in [7, 11) is 0. The number of anilines is 2. The second-order valence-corrected chi connectivity index (χ2v) is 7.27. The summed E-state index contributed by atoms with van der Waals surface area (Å²) in [6, 6.07) is 12.9. The van der Waals surface area contributed by atoms with Gasteiger partial charge >= 0.3 is 5.97 Å². The largest absolute Gasteiger partial charge is 0.449 e. The monoisotopic (exact) mass is 385 g/mol. The zero-order valence-corrected chi connectivity index (χ0v) is 16.2. The number of amides is 1. The predicted octanol–water partition coefficient (Wildman–Crippen LogP) is 3.80. The molecule has 2 rings (SSSR count). The average molecular weight is 385 g/mol. The lowest BCUT2D eigenvalue weighted by molar-refractivity contribution is -0.383. The third-order valence-electron chi connectivity index (χ3n) is 3.63. The number of nitrogens with zero attached hydrogens (tertiary/aromatic N) is 1. The van der Waals surface area contributed by atoms with E-state index >= 15 is 0 Å². The highest BCUT2D eigenvalue weighted by Crippen LogP contribution is 2.29. The fourth-order valence-corrected chi connectivity index (χ4v) is 2.35. The summed E-state index contributed by atoms with van der Waals surface area (Å²) in [4.78, 5) is 35.2. The molecule has 0 aliphatic rings. The number of ether oxygens (including phenoxy) is 1. The molecular weight excluding hydrogens is 362 g/mol. The molecule has 0 heterocycles. The number of carbonyl (C=O) groups excluding carboxylic acids is 2. The van der Waals surface area contributed by atoms with E-state index in [1.807, 2.05) is 6.07 Å². The Hall–Kier alpha value is -3.42. The Bertz CT molecular complexity index is 875. The van der Waals surface area contributed by atoms with Crippen LogP contribution in [0.3, 0.4) is 0 Å². The molecule has 28 heavy (non-hydrogen) atoms. The number of nitrogens with one attached hydrogen (secondary N) is 2. The predicted molar refractivity (Wildman–Crippen MR) is 106 cm³/mol.